The van der Waals surface area contributed by atoms with Crippen molar-refractivity contribution in [2.75, 3.05) is 13.2 Å². The highest BCUT2D eigenvalue weighted by Gasteiger charge is 2.57. The van der Waals surface area contributed by atoms with Crippen LogP contribution in [-0.4, -0.2) is 49.7 Å². The molecule has 6 heteroatoms. The Morgan fingerprint density at radius 1 is 0.938 bits per heavy atom. The van der Waals surface area contributed by atoms with Crippen LogP contribution < -0.4 is 0 Å². The van der Waals surface area contributed by atoms with Crippen molar-refractivity contribution in [1.29, 1.82) is 0 Å². The van der Waals surface area contributed by atoms with Crippen LogP contribution in [0.1, 0.15) is 30.5 Å². The summed E-state index contributed by atoms with van der Waals surface area (Å²) >= 11 is 0. The van der Waals surface area contributed by atoms with Crippen molar-refractivity contribution in [2.45, 2.75) is 63.6 Å². The lowest BCUT2D eigenvalue weighted by Gasteiger charge is -2.30. The Kier molecular flexibility index (Phi) is 6.29. The van der Waals surface area contributed by atoms with Gasteiger partial charge in [0.2, 0.25) is 0 Å². The molecule has 3 aliphatic heterocycles. The van der Waals surface area contributed by atoms with Crippen molar-refractivity contribution in [2.24, 2.45) is 0 Å². The van der Waals surface area contributed by atoms with Gasteiger partial charge in [0.15, 0.2) is 12.1 Å². The summed E-state index contributed by atoms with van der Waals surface area (Å²) in [4.78, 5) is 0. The van der Waals surface area contributed by atoms with Gasteiger partial charge in [0.25, 0.3) is 0 Å². The zero-order chi connectivity index (χ0) is 22.0. The maximum atomic E-state index is 6.36. The number of ether oxygens (including phenoxy) is 6. The van der Waals surface area contributed by atoms with E-state index in [9.17, 15) is 0 Å². The van der Waals surface area contributed by atoms with Crippen LogP contribution >= 0.6 is 0 Å². The Balaban J connectivity index is 1.36. The molecular weight excluding hydrogens is 408 g/mol. The molecule has 32 heavy (non-hydrogen) atoms. The van der Waals surface area contributed by atoms with Gasteiger partial charge in [-0.25, -0.2) is 0 Å². The van der Waals surface area contributed by atoms with Gasteiger partial charge in [-0.05, 0) is 31.0 Å². The van der Waals surface area contributed by atoms with Crippen LogP contribution in [0, 0.1) is 11.8 Å². The zero-order valence-electron chi connectivity index (χ0n) is 18.4. The fourth-order valence-electron chi connectivity index (χ4n) is 4.33. The zero-order valence-corrected chi connectivity index (χ0v) is 18.4. The summed E-state index contributed by atoms with van der Waals surface area (Å²) in [6.45, 7) is 5.27. The Bertz CT molecular complexity index is 979. The van der Waals surface area contributed by atoms with Crippen molar-refractivity contribution in [3.8, 4) is 11.8 Å². The molecule has 168 valence electrons. The van der Waals surface area contributed by atoms with Crippen LogP contribution in [0.25, 0.3) is 0 Å². The molecular formula is C26H28O6. The van der Waals surface area contributed by atoms with Crippen LogP contribution in [0.5, 0.6) is 0 Å². The third-order valence-corrected chi connectivity index (χ3v) is 5.83. The second-order valence-corrected chi connectivity index (χ2v) is 8.65. The number of benzene rings is 2. The summed E-state index contributed by atoms with van der Waals surface area (Å²) in [5, 5.41) is 0. The molecule has 5 atom stereocenters. The van der Waals surface area contributed by atoms with Gasteiger partial charge in [0, 0.05) is 5.56 Å². The molecule has 2 aromatic carbocycles. The van der Waals surface area contributed by atoms with Crippen LogP contribution in [0.15, 0.2) is 54.6 Å². The molecule has 0 unspecified atom stereocenters. The van der Waals surface area contributed by atoms with Gasteiger partial charge in [0.1, 0.15) is 31.0 Å². The van der Waals surface area contributed by atoms with E-state index in [1.807, 2.05) is 68.4 Å². The molecule has 0 aliphatic carbocycles. The lowest BCUT2D eigenvalue weighted by molar-refractivity contribution is -0.236. The van der Waals surface area contributed by atoms with Gasteiger partial charge in [-0.2, -0.15) is 0 Å². The first-order chi connectivity index (χ1) is 15.6. The van der Waals surface area contributed by atoms with Gasteiger partial charge in [0.05, 0.1) is 19.8 Å². The number of hydrogen-bond donors (Lipinski definition) is 0. The average Bonchev–Trinajstić information content (AvgIpc) is 3.25. The molecule has 5 rings (SSSR count). The minimum Gasteiger partial charge on any atom is -0.374 e. The molecule has 0 aromatic heterocycles. The fourth-order valence-corrected chi connectivity index (χ4v) is 4.33. The van der Waals surface area contributed by atoms with Crippen molar-refractivity contribution < 1.29 is 28.4 Å². The Labute approximate surface area is 188 Å². The maximum Gasteiger partial charge on any atom is 0.190 e. The van der Waals surface area contributed by atoms with E-state index in [4.69, 9.17) is 28.4 Å². The summed E-state index contributed by atoms with van der Waals surface area (Å²) in [6, 6.07) is 18.1. The van der Waals surface area contributed by atoms with E-state index in [0.717, 1.165) is 16.7 Å². The van der Waals surface area contributed by atoms with Crippen molar-refractivity contribution in [3.05, 3.63) is 71.3 Å². The van der Waals surface area contributed by atoms with E-state index < -0.39 is 18.2 Å². The second kappa shape index (κ2) is 9.32. The molecule has 6 nitrogen and oxygen atoms in total. The number of hydrogen-bond acceptors (Lipinski definition) is 6. The van der Waals surface area contributed by atoms with E-state index in [1.54, 1.807) is 0 Å². The van der Waals surface area contributed by atoms with E-state index in [0.29, 0.717) is 19.8 Å². The topological polar surface area (TPSA) is 55.4 Å². The Morgan fingerprint density at radius 2 is 1.75 bits per heavy atom. The smallest absolute Gasteiger partial charge is 0.190 e. The quantitative estimate of drug-likeness (QED) is 0.685. The van der Waals surface area contributed by atoms with Crippen molar-refractivity contribution in [1.82, 2.24) is 0 Å². The summed E-state index contributed by atoms with van der Waals surface area (Å²) in [5.41, 5.74) is 3.07. The molecule has 0 amide bonds. The lowest BCUT2D eigenvalue weighted by atomic mass is 10.1. The molecule has 0 radical (unpaired) electrons. The molecule has 0 saturated carbocycles. The molecule has 0 N–H and O–H groups in total. The molecule has 2 saturated heterocycles. The van der Waals surface area contributed by atoms with Crippen LogP contribution in [0.4, 0.5) is 0 Å². The first-order valence-corrected chi connectivity index (χ1v) is 11.0. The largest absolute Gasteiger partial charge is 0.374 e. The normalized spacial score (nSPS) is 30.9. The van der Waals surface area contributed by atoms with Gasteiger partial charge >= 0.3 is 0 Å². The molecule has 3 aliphatic rings. The van der Waals surface area contributed by atoms with Gasteiger partial charge in [-0.15, -0.1) is 0 Å². The third kappa shape index (κ3) is 4.74. The summed E-state index contributed by atoms with van der Waals surface area (Å²) < 4.78 is 36.9. The molecule has 0 bridgehead atoms. The predicted octanol–water partition coefficient (Wildman–Crippen LogP) is 3.42. The van der Waals surface area contributed by atoms with E-state index in [-0.39, 0.29) is 24.9 Å². The summed E-state index contributed by atoms with van der Waals surface area (Å²) in [6.07, 6.45) is -1.99. The van der Waals surface area contributed by atoms with Crippen LogP contribution in [0.2, 0.25) is 0 Å². The van der Waals surface area contributed by atoms with Crippen molar-refractivity contribution >= 4 is 0 Å². The van der Waals surface area contributed by atoms with Gasteiger partial charge < -0.3 is 28.4 Å². The number of fused-ring (bicyclic) bond motifs is 4. The fraction of sp³-hybridized carbons (Fsp3) is 0.462. The van der Waals surface area contributed by atoms with E-state index in [2.05, 4.69) is 11.8 Å². The minimum absolute atomic E-state index is 0.267. The summed E-state index contributed by atoms with van der Waals surface area (Å²) in [5.74, 6) is 5.59. The van der Waals surface area contributed by atoms with Gasteiger partial charge in [-0.1, -0.05) is 60.4 Å². The molecule has 2 fully saturated rings. The highest BCUT2D eigenvalue weighted by Crippen LogP contribution is 2.40. The first-order valence-electron chi connectivity index (χ1n) is 11.0. The lowest BCUT2D eigenvalue weighted by Crippen LogP contribution is -2.45. The Hall–Kier alpha value is -2.24. The monoisotopic (exact) mass is 436 g/mol. The van der Waals surface area contributed by atoms with Crippen molar-refractivity contribution in [3.63, 3.8) is 0 Å². The second-order valence-electron chi connectivity index (χ2n) is 8.65. The van der Waals surface area contributed by atoms with Crippen LogP contribution in [0.3, 0.4) is 0 Å². The predicted molar refractivity (Wildman–Crippen MR) is 116 cm³/mol. The van der Waals surface area contributed by atoms with E-state index >= 15 is 0 Å². The highest BCUT2D eigenvalue weighted by atomic mass is 16.8. The third-order valence-electron chi connectivity index (χ3n) is 5.83. The van der Waals surface area contributed by atoms with E-state index in [1.165, 1.54) is 0 Å². The molecule has 2 aromatic rings. The molecule has 3 heterocycles. The van der Waals surface area contributed by atoms with Crippen LogP contribution in [-0.2, 0) is 41.6 Å². The maximum absolute atomic E-state index is 6.36. The standard InChI is InChI=1S/C26H28O6/c1-26(2)31-24-23-22(30-25(24)32-26)21(17-27-15-18-9-4-3-5-10-18)29-16-20-12-7-6-11-19(20)13-8-14-28-23/h3-7,9-12,21-25H,14-17H2,1-2H3/t21-,22-,23+,24-,25-/m1/s1. The average molecular weight is 437 g/mol. The molecule has 0 spiro atoms. The number of rotatable bonds is 4. The van der Waals surface area contributed by atoms with Gasteiger partial charge in [-0.3, -0.25) is 0 Å². The Morgan fingerprint density at radius 3 is 2.62 bits per heavy atom. The minimum atomic E-state index is -0.724. The highest BCUT2D eigenvalue weighted by molar-refractivity contribution is 5.41. The first kappa shape index (κ1) is 21.6. The summed E-state index contributed by atoms with van der Waals surface area (Å²) in [7, 11) is 0. The SMILES string of the molecule is CC1(C)O[C@H]2O[C@H]3[C@H](OCC#Cc4ccccc4CO[C@@H]3COCc3ccccc3)[C@H]2O1.